The summed E-state index contributed by atoms with van der Waals surface area (Å²) in [5.41, 5.74) is 3.96. The summed E-state index contributed by atoms with van der Waals surface area (Å²) in [7, 11) is 3.18. The molecule has 2 amide bonds. The Kier molecular flexibility index (Phi) is 8.26. The van der Waals surface area contributed by atoms with Crippen molar-refractivity contribution in [3.8, 4) is 11.1 Å². The van der Waals surface area contributed by atoms with Gasteiger partial charge in [-0.3, -0.25) is 19.3 Å². The summed E-state index contributed by atoms with van der Waals surface area (Å²) in [6, 6.07) is 24.5. The number of methoxy groups -OCH3 is 1. The van der Waals surface area contributed by atoms with Gasteiger partial charge in [0.15, 0.2) is 0 Å². The fraction of sp³-hybridized carbons (Fsp3) is 0.286. The number of hydroxylamine groups is 1. The molecule has 7 nitrogen and oxygen atoms in total. The van der Waals surface area contributed by atoms with E-state index < -0.39 is 0 Å². The molecule has 1 unspecified atom stereocenters. The zero-order valence-corrected chi connectivity index (χ0v) is 20.1. The average molecular weight is 474 g/mol. The second kappa shape index (κ2) is 11.8. The quantitative estimate of drug-likeness (QED) is 0.484. The van der Waals surface area contributed by atoms with E-state index in [4.69, 9.17) is 9.57 Å². The Labute approximate surface area is 206 Å². The van der Waals surface area contributed by atoms with Gasteiger partial charge in [0.25, 0.3) is 11.8 Å². The molecule has 182 valence electrons. The van der Waals surface area contributed by atoms with E-state index in [9.17, 15) is 9.59 Å². The van der Waals surface area contributed by atoms with Gasteiger partial charge < -0.3 is 10.1 Å². The van der Waals surface area contributed by atoms with Gasteiger partial charge in [0, 0.05) is 24.9 Å². The molecule has 3 aromatic rings. The average Bonchev–Trinajstić information content (AvgIpc) is 2.90. The van der Waals surface area contributed by atoms with Crippen molar-refractivity contribution in [3.05, 3.63) is 84.4 Å². The van der Waals surface area contributed by atoms with Crippen molar-refractivity contribution in [1.29, 1.82) is 0 Å². The van der Waals surface area contributed by atoms with Crippen LogP contribution in [0.1, 0.15) is 23.2 Å². The van der Waals surface area contributed by atoms with Crippen LogP contribution in [0.25, 0.3) is 11.1 Å². The van der Waals surface area contributed by atoms with Crippen LogP contribution in [0.3, 0.4) is 0 Å². The third kappa shape index (κ3) is 6.33. The van der Waals surface area contributed by atoms with Gasteiger partial charge in [-0.1, -0.05) is 42.5 Å². The molecule has 1 fully saturated rings. The number of anilines is 2. The van der Waals surface area contributed by atoms with Crippen LogP contribution in [0.4, 0.5) is 11.4 Å². The lowest BCUT2D eigenvalue weighted by Gasteiger charge is -2.32. The van der Waals surface area contributed by atoms with Gasteiger partial charge in [-0.15, -0.1) is 0 Å². The smallest absolute Gasteiger partial charge is 0.265 e. The van der Waals surface area contributed by atoms with Crippen LogP contribution in [-0.2, 0) is 14.4 Å². The van der Waals surface area contributed by atoms with Gasteiger partial charge in [-0.05, 0) is 66.9 Å². The lowest BCUT2D eigenvalue weighted by atomic mass is 10.0. The minimum Gasteiger partial charge on any atom is -0.380 e. The van der Waals surface area contributed by atoms with Crippen LogP contribution >= 0.6 is 0 Å². The van der Waals surface area contributed by atoms with Crippen molar-refractivity contribution in [3.63, 3.8) is 0 Å². The molecule has 0 aliphatic carbocycles. The highest BCUT2D eigenvalue weighted by Gasteiger charge is 2.24. The summed E-state index contributed by atoms with van der Waals surface area (Å²) < 4.78 is 5.44. The predicted molar refractivity (Wildman–Crippen MR) is 137 cm³/mol. The number of carbonyl (C=O) groups is 2. The third-order valence-corrected chi connectivity index (χ3v) is 6.18. The van der Waals surface area contributed by atoms with Crippen LogP contribution in [0.15, 0.2) is 78.9 Å². The van der Waals surface area contributed by atoms with Gasteiger partial charge in [-0.25, -0.2) is 0 Å². The maximum atomic E-state index is 12.9. The van der Waals surface area contributed by atoms with Gasteiger partial charge in [-0.2, -0.15) is 5.06 Å². The fourth-order valence-corrected chi connectivity index (χ4v) is 4.28. The molecule has 3 aromatic carbocycles. The number of benzene rings is 3. The number of likely N-dealkylation sites (tertiary alicyclic amines) is 1. The maximum Gasteiger partial charge on any atom is 0.265 e. The summed E-state index contributed by atoms with van der Waals surface area (Å²) in [5.74, 6) is -0.352. The topological polar surface area (TPSA) is 71.1 Å². The molecule has 35 heavy (non-hydrogen) atoms. The highest BCUT2D eigenvalue weighted by Crippen LogP contribution is 2.22. The Bertz CT molecular complexity index is 1120. The second-order valence-electron chi connectivity index (χ2n) is 8.55. The SMILES string of the molecule is COC1CCCN(CC(=O)N(OC)c2ccc(NC(=O)c3ccc(-c4ccccc4)cc3)cc2)C1. The Morgan fingerprint density at radius 1 is 0.943 bits per heavy atom. The zero-order chi connectivity index (χ0) is 24.6. The van der Waals surface area contributed by atoms with Crippen molar-refractivity contribution >= 4 is 23.2 Å². The highest BCUT2D eigenvalue weighted by molar-refractivity contribution is 6.04. The minimum absolute atomic E-state index is 0.153. The van der Waals surface area contributed by atoms with E-state index in [0.717, 1.165) is 37.1 Å². The van der Waals surface area contributed by atoms with Crippen LogP contribution in [0.2, 0.25) is 0 Å². The molecule has 4 rings (SSSR count). The van der Waals surface area contributed by atoms with E-state index in [1.807, 2.05) is 54.6 Å². The Morgan fingerprint density at radius 3 is 2.29 bits per heavy atom. The summed E-state index contributed by atoms with van der Waals surface area (Å²) in [5, 5.41) is 4.18. The summed E-state index contributed by atoms with van der Waals surface area (Å²) >= 11 is 0. The van der Waals surface area contributed by atoms with Gasteiger partial charge in [0.2, 0.25) is 0 Å². The van der Waals surface area contributed by atoms with Crippen LogP contribution < -0.4 is 10.4 Å². The van der Waals surface area contributed by atoms with Crippen LogP contribution in [-0.4, -0.2) is 56.7 Å². The number of rotatable bonds is 8. The van der Waals surface area contributed by atoms with Crippen LogP contribution in [0, 0.1) is 0 Å². The first kappa shape index (κ1) is 24.6. The fourth-order valence-electron chi connectivity index (χ4n) is 4.28. The number of hydrogen-bond donors (Lipinski definition) is 1. The van der Waals surface area contributed by atoms with Crippen LogP contribution in [0.5, 0.6) is 0 Å². The molecule has 1 aliphatic rings. The van der Waals surface area contributed by atoms with Gasteiger partial charge in [0.05, 0.1) is 25.4 Å². The van der Waals surface area contributed by atoms with E-state index in [1.165, 1.54) is 12.2 Å². The van der Waals surface area contributed by atoms with E-state index in [1.54, 1.807) is 31.4 Å². The molecule has 0 bridgehead atoms. The molecule has 1 aliphatic heterocycles. The van der Waals surface area contributed by atoms with Crippen molar-refractivity contribution in [2.45, 2.75) is 18.9 Å². The van der Waals surface area contributed by atoms with E-state index in [0.29, 0.717) is 16.9 Å². The molecule has 1 N–H and O–H groups in total. The van der Waals surface area contributed by atoms with E-state index in [-0.39, 0.29) is 24.5 Å². The molecular formula is C28H31N3O4. The van der Waals surface area contributed by atoms with Crippen molar-refractivity contribution in [2.75, 3.05) is 44.2 Å². The number of amides is 2. The Hall–Kier alpha value is -3.52. The van der Waals surface area contributed by atoms with Crippen molar-refractivity contribution < 1.29 is 19.2 Å². The lowest BCUT2D eigenvalue weighted by Crippen LogP contribution is -2.45. The predicted octanol–water partition coefficient (Wildman–Crippen LogP) is 4.61. The number of hydrogen-bond acceptors (Lipinski definition) is 5. The molecule has 1 saturated heterocycles. The standard InChI is InChI=1S/C28H31N3O4/c1-34-26-9-6-18-30(19-26)20-27(32)31(35-2)25-16-14-24(15-17-25)29-28(33)23-12-10-22(11-13-23)21-7-4-3-5-8-21/h3-5,7-8,10-17,26H,6,9,18-20H2,1-2H3,(H,29,33). The molecule has 0 saturated carbocycles. The summed E-state index contributed by atoms with van der Waals surface area (Å²) in [4.78, 5) is 33.0. The van der Waals surface area contributed by atoms with Gasteiger partial charge in [0.1, 0.15) is 0 Å². The number of carbonyl (C=O) groups excluding carboxylic acids is 2. The van der Waals surface area contributed by atoms with Gasteiger partial charge >= 0.3 is 0 Å². The second-order valence-corrected chi connectivity index (χ2v) is 8.55. The molecular weight excluding hydrogens is 442 g/mol. The minimum atomic E-state index is -0.199. The number of ether oxygens (including phenoxy) is 1. The van der Waals surface area contributed by atoms with E-state index >= 15 is 0 Å². The first-order chi connectivity index (χ1) is 17.1. The highest BCUT2D eigenvalue weighted by atomic mass is 16.7. The molecule has 0 aromatic heterocycles. The zero-order valence-electron chi connectivity index (χ0n) is 20.1. The maximum absolute atomic E-state index is 12.9. The Balaban J connectivity index is 1.36. The molecule has 0 spiro atoms. The number of nitrogens with zero attached hydrogens (tertiary/aromatic N) is 2. The number of nitrogens with one attached hydrogen (secondary N) is 1. The lowest BCUT2D eigenvalue weighted by molar-refractivity contribution is -0.126. The first-order valence-corrected chi connectivity index (χ1v) is 11.8. The third-order valence-electron chi connectivity index (χ3n) is 6.18. The number of piperidine rings is 1. The summed E-state index contributed by atoms with van der Waals surface area (Å²) in [6.45, 7) is 1.85. The molecule has 1 heterocycles. The monoisotopic (exact) mass is 473 g/mol. The van der Waals surface area contributed by atoms with E-state index in [2.05, 4.69) is 10.2 Å². The molecule has 0 radical (unpaired) electrons. The van der Waals surface area contributed by atoms with Crippen molar-refractivity contribution in [1.82, 2.24) is 4.90 Å². The molecule has 7 heteroatoms. The Morgan fingerprint density at radius 2 is 1.63 bits per heavy atom. The normalized spacial score (nSPS) is 16.0. The first-order valence-electron chi connectivity index (χ1n) is 11.8. The molecule has 1 atom stereocenters. The summed E-state index contributed by atoms with van der Waals surface area (Å²) in [6.07, 6.45) is 2.17. The largest absolute Gasteiger partial charge is 0.380 e. The van der Waals surface area contributed by atoms with Crippen molar-refractivity contribution in [2.24, 2.45) is 0 Å².